The van der Waals surface area contributed by atoms with E-state index in [-0.39, 0.29) is 5.97 Å². The van der Waals surface area contributed by atoms with Crippen LogP contribution in [-0.2, 0) is 9.53 Å². The molecule has 0 radical (unpaired) electrons. The van der Waals surface area contributed by atoms with Gasteiger partial charge in [0.2, 0.25) is 0 Å². The highest BCUT2D eigenvalue weighted by molar-refractivity contribution is 5.69. The van der Waals surface area contributed by atoms with Crippen molar-refractivity contribution in [1.29, 1.82) is 0 Å². The normalized spacial score (nSPS) is 18.2. The second kappa shape index (κ2) is 10.2. The second-order valence-electron chi connectivity index (χ2n) is 5.76. The second-order valence-corrected chi connectivity index (χ2v) is 5.76. The largest absolute Gasteiger partial charge is 0.466 e. The number of ether oxygens (including phenoxy) is 1. The standard InChI is InChI=1S/C16H31NO2/c1-3-19-16(18)12-8-5-9-13-17-14(2)15-10-6-4-7-11-15/h14-15,17H,3-13H2,1-2H3. The molecule has 0 aromatic heterocycles. The van der Waals surface area contributed by atoms with E-state index in [2.05, 4.69) is 12.2 Å². The van der Waals surface area contributed by atoms with Crippen LogP contribution in [0, 0.1) is 5.92 Å². The van der Waals surface area contributed by atoms with Gasteiger partial charge in [-0.25, -0.2) is 0 Å². The Balaban J connectivity index is 1.93. The highest BCUT2D eigenvalue weighted by atomic mass is 16.5. The summed E-state index contributed by atoms with van der Waals surface area (Å²) in [4.78, 5) is 11.2. The van der Waals surface area contributed by atoms with Crippen molar-refractivity contribution in [2.24, 2.45) is 5.92 Å². The lowest BCUT2D eigenvalue weighted by Crippen LogP contribution is -2.35. The van der Waals surface area contributed by atoms with Gasteiger partial charge < -0.3 is 10.1 Å². The summed E-state index contributed by atoms with van der Waals surface area (Å²) in [5.74, 6) is 0.833. The molecule has 1 aliphatic rings. The average Bonchev–Trinajstić information content (AvgIpc) is 2.43. The fraction of sp³-hybridized carbons (Fsp3) is 0.938. The predicted molar refractivity (Wildman–Crippen MR) is 79.1 cm³/mol. The minimum atomic E-state index is -0.0500. The first-order valence-electron chi connectivity index (χ1n) is 8.13. The molecule has 112 valence electrons. The van der Waals surface area contributed by atoms with Crippen LogP contribution in [0.15, 0.2) is 0 Å². The number of hydrogen-bond acceptors (Lipinski definition) is 3. The molecule has 19 heavy (non-hydrogen) atoms. The van der Waals surface area contributed by atoms with Crippen LogP contribution in [0.1, 0.15) is 71.6 Å². The summed E-state index contributed by atoms with van der Waals surface area (Å²) in [6.45, 7) is 5.77. The first-order chi connectivity index (χ1) is 9.24. The maximum atomic E-state index is 11.2. The summed E-state index contributed by atoms with van der Waals surface area (Å²) in [5.41, 5.74) is 0. The van der Waals surface area contributed by atoms with Gasteiger partial charge in [-0.05, 0) is 52.0 Å². The number of carbonyl (C=O) groups is 1. The van der Waals surface area contributed by atoms with E-state index in [0.29, 0.717) is 19.1 Å². The Morgan fingerprint density at radius 1 is 1.21 bits per heavy atom. The van der Waals surface area contributed by atoms with Crippen molar-refractivity contribution in [3.63, 3.8) is 0 Å². The minimum Gasteiger partial charge on any atom is -0.466 e. The van der Waals surface area contributed by atoms with Gasteiger partial charge in [0.15, 0.2) is 0 Å². The van der Waals surface area contributed by atoms with Crippen LogP contribution in [0.4, 0.5) is 0 Å². The van der Waals surface area contributed by atoms with E-state index in [1.807, 2.05) is 6.92 Å². The third-order valence-corrected chi connectivity index (χ3v) is 4.19. The Hall–Kier alpha value is -0.570. The van der Waals surface area contributed by atoms with E-state index in [0.717, 1.165) is 31.7 Å². The van der Waals surface area contributed by atoms with Crippen molar-refractivity contribution < 1.29 is 9.53 Å². The van der Waals surface area contributed by atoms with Crippen LogP contribution in [0.25, 0.3) is 0 Å². The first-order valence-corrected chi connectivity index (χ1v) is 8.13. The SMILES string of the molecule is CCOC(=O)CCCCCNC(C)C1CCCCC1. The number of hydrogen-bond donors (Lipinski definition) is 1. The van der Waals surface area contributed by atoms with Crippen LogP contribution in [0.2, 0.25) is 0 Å². The summed E-state index contributed by atoms with van der Waals surface area (Å²) in [6, 6.07) is 0.658. The summed E-state index contributed by atoms with van der Waals surface area (Å²) in [5, 5.41) is 3.65. The molecule has 1 N–H and O–H groups in total. The molecular weight excluding hydrogens is 238 g/mol. The number of rotatable bonds is 9. The number of unbranched alkanes of at least 4 members (excludes halogenated alkanes) is 2. The fourth-order valence-corrected chi connectivity index (χ4v) is 2.93. The molecule has 3 heteroatoms. The van der Waals surface area contributed by atoms with Gasteiger partial charge in [-0.15, -0.1) is 0 Å². The zero-order valence-electron chi connectivity index (χ0n) is 12.7. The molecule has 0 heterocycles. The first kappa shape index (κ1) is 16.5. The predicted octanol–water partition coefficient (Wildman–Crippen LogP) is 3.67. The smallest absolute Gasteiger partial charge is 0.305 e. The molecule has 1 aliphatic carbocycles. The topological polar surface area (TPSA) is 38.3 Å². The van der Waals surface area contributed by atoms with Gasteiger partial charge in [-0.2, -0.15) is 0 Å². The van der Waals surface area contributed by atoms with E-state index < -0.39 is 0 Å². The molecule has 0 aromatic carbocycles. The van der Waals surface area contributed by atoms with Crippen molar-refractivity contribution in [2.75, 3.05) is 13.2 Å². The Morgan fingerprint density at radius 3 is 2.63 bits per heavy atom. The molecule has 0 spiro atoms. The maximum absolute atomic E-state index is 11.2. The maximum Gasteiger partial charge on any atom is 0.305 e. The van der Waals surface area contributed by atoms with Gasteiger partial charge in [-0.3, -0.25) is 4.79 Å². The average molecular weight is 269 g/mol. The van der Waals surface area contributed by atoms with Crippen LogP contribution >= 0.6 is 0 Å². The Kier molecular flexibility index (Phi) is 8.89. The fourth-order valence-electron chi connectivity index (χ4n) is 2.93. The van der Waals surface area contributed by atoms with Crippen molar-refractivity contribution in [3.8, 4) is 0 Å². The zero-order chi connectivity index (χ0) is 13.9. The summed E-state index contributed by atoms with van der Waals surface area (Å²) >= 11 is 0. The number of esters is 1. The van der Waals surface area contributed by atoms with Crippen LogP contribution in [-0.4, -0.2) is 25.2 Å². The van der Waals surface area contributed by atoms with E-state index in [4.69, 9.17) is 4.74 Å². The van der Waals surface area contributed by atoms with Crippen molar-refractivity contribution in [1.82, 2.24) is 5.32 Å². The highest BCUT2D eigenvalue weighted by Gasteiger charge is 2.18. The third-order valence-electron chi connectivity index (χ3n) is 4.19. The monoisotopic (exact) mass is 269 g/mol. The third kappa shape index (κ3) is 7.56. The van der Waals surface area contributed by atoms with Gasteiger partial charge in [0.25, 0.3) is 0 Å². The van der Waals surface area contributed by atoms with Crippen LogP contribution < -0.4 is 5.32 Å². The minimum absolute atomic E-state index is 0.0500. The van der Waals surface area contributed by atoms with Gasteiger partial charge in [0, 0.05) is 12.5 Å². The molecule has 1 unspecified atom stereocenters. The summed E-state index contributed by atoms with van der Waals surface area (Å²) in [6.07, 6.45) is 10.9. The molecule has 1 rings (SSSR count). The van der Waals surface area contributed by atoms with Gasteiger partial charge in [0.1, 0.15) is 0 Å². The highest BCUT2D eigenvalue weighted by Crippen LogP contribution is 2.26. The number of nitrogens with one attached hydrogen (secondary N) is 1. The molecular formula is C16H31NO2. The molecule has 0 aromatic rings. The number of carbonyl (C=O) groups excluding carboxylic acids is 1. The summed E-state index contributed by atoms with van der Waals surface area (Å²) in [7, 11) is 0. The summed E-state index contributed by atoms with van der Waals surface area (Å²) < 4.78 is 4.91. The Labute approximate surface area is 118 Å². The van der Waals surface area contributed by atoms with Gasteiger partial charge in [-0.1, -0.05) is 25.7 Å². The van der Waals surface area contributed by atoms with E-state index in [1.54, 1.807) is 0 Å². The van der Waals surface area contributed by atoms with E-state index in [1.165, 1.54) is 32.1 Å². The lowest BCUT2D eigenvalue weighted by Gasteiger charge is -2.28. The Bertz CT molecular complexity index is 237. The quantitative estimate of drug-likeness (QED) is 0.513. The molecule has 0 amide bonds. The van der Waals surface area contributed by atoms with Gasteiger partial charge >= 0.3 is 5.97 Å². The molecule has 1 fully saturated rings. The molecule has 0 bridgehead atoms. The molecule has 0 saturated heterocycles. The lowest BCUT2D eigenvalue weighted by molar-refractivity contribution is -0.143. The lowest BCUT2D eigenvalue weighted by atomic mass is 9.84. The molecule has 0 aliphatic heterocycles. The Morgan fingerprint density at radius 2 is 1.95 bits per heavy atom. The van der Waals surface area contributed by atoms with Gasteiger partial charge in [0.05, 0.1) is 6.61 Å². The van der Waals surface area contributed by atoms with Crippen molar-refractivity contribution >= 4 is 5.97 Å². The van der Waals surface area contributed by atoms with Crippen LogP contribution in [0.3, 0.4) is 0 Å². The van der Waals surface area contributed by atoms with Crippen LogP contribution in [0.5, 0.6) is 0 Å². The molecule has 1 atom stereocenters. The van der Waals surface area contributed by atoms with E-state index in [9.17, 15) is 4.79 Å². The molecule has 1 saturated carbocycles. The van der Waals surface area contributed by atoms with E-state index >= 15 is 0 Å². The van der Waals surface area contributed by atoms with Crippen molar-refractivity contribution in [2.45, 2.75) is 77.7 Å². The molecule has 3 nitrogen and oxygen atoms in total. The van der Waals surface area contributed by atoms with Crippen molar-refractivity contribution in [3.05, 3.63) is 0 Å². The zero-order valence-corrected chi connectivity index (χ0v) is 12.7.